The predicted molar refractivity (Wildman–Crippen MR) is 253 cm³/mol. The van der Waals surface area contributed by atoms with Gasteiger partial charge in [-0.25, -0.2) is 19.6 Å². The number of H-pyrrole nitrogens is 2. The molecule has 5 N–H and O–H groups in total. The summed E-state index contributed by atoms with van der Waals surface area (Å²) in [6, 6.07) is 12.0. The van der Waals surface area contributed by atoms with Crippen LogP contribution in [0.25, 0.3) is 33.6 Å². The Balaban J connectivity index is 0.885. The monoisotopic (exact) mass is 914 g/mol. The smallest absolute Gasteiger partial charge is 0.407 e. The number of nitrogens with zero attached hydrogens (tertiary/aromatic N) is 4. The highest BCUT2D eigenvalue weighted by Gasteiger charge is 2.43. The van der Waals surface area contributed by atoms with Gasteiger partial charge in [0, 0.05) is 30.7 Å². The summed E-state index contributed by atoms with van der Waals surface area (Å²) in [5.41, 5.74) is 9.04. The summed E-state index contributed by atoms with van der Waals surface area (Å²) >= 11 is 0. The van der Waals surface area contributed by atoms with Gasteiger partial charge in [-0.15, -0.1) is 0 Å². The molecule has 4 aliphatic heterocycles. The summed E-state index contributed by atoms with van der Waals surface area (Å²) in [5.74, 6) is 2.20. The van der Waals surface area contributed by atoms with Crippen LogP contribution < -0.4 is 16.0 Å². The van der Waals surface area contributed by atoms with Crippen molar-refractivity contribution in [3.8, 4) is 33.6 Å². The number of benzene rings is 2. The molecule has 356 valence electrons. The fourth-order valence-electron chi connectivity index (χ4n) is 12.7. The number of methoxy groups -OCH3 is 2. The largest absolute Gasteiger partial charge is 0.453 e. The average Bonchev–Trinajstić information content (AvgIpc) is 4.23. The SMILES string of the molecule is COC(=O)N[C@H](C(=O)N1CCC[C@@H]1c1ncc(-c2ccc(-c3ccc(-c4cnc([C@@H]5CCCN5C(=O)[C@@H](NC(=O)OC)C5CCCCC5)[nH]4)c4c3C3CC(C)CC4N3)cc2)[nH]1)C1CCCCC1. The second-order valence-corrected chi connectivity index (χ2v) is 20.2. The van der Waals surface area contributed by atoms with Crippen molar-refractivity contribution >= 4 is 24.0 Å². The van der Waals surface area contributed by atoms with E-state index in [1.807, 2.05) is 22.2 Å². The van der Waals surface area contributed by atoms with Crippen LogP contribution in [0.15, 0.2) is 48.8 Å². The van der Waals surface area contributed by atoms with E-state index >= 15 is 0 Å². The molecule has 6 aliphatic rings. The van der Waals surface area contributed by atoms with Gasteiger partial charge in [0.2, 0.25) is 11.8 Å². The third-order valence-corrected chi connectivity index (χ3v) is 16.0. The number of nitrogens with one attached hydrogen (secondary N) is 5. The van der Waals surface area contributed by atoms with Crippen molar-refractivity contribution in [1.82, 2.24) is 45.7 Å². The van der Waals surface area contributed by atoms with Crippen molar-refractivity contribution in [2.75, 3.05) is 27.3 Å². The average molecular weight is 914 g/mol. The number of rotatable bonds is 11. The molecule has 2 saturated carbocycles. The minimum Gasteiger partial charge on any atom is -0.453 e. The van der Waals surface area contributed by atoms with Crippen LogP contribution in [0.5, 0.6) is 0 Å². The van der Waals surface area contributed by atoms with E-state index in [1.165, 1.54) is 30.9 Å². The van der Waals surface area contributed by atoms with Gasteiger partial charge in [-0.3, -0.25) is 9.59 Å². The van der Waals surface area contributed by atoms with E-state index in [2.05, 4.69) is 69.2 Å². The Morgan fingerprint density at radius 1 is 0.597 bits per heavy atom. The maximum atomic E-state index is 14.3. The second kappa shape index (κ2) is 19.5. The van der Waals surface area contributed by atoms with Gasteiger partial charge in [0.1, 0.15) is 23.7 Å². The molecule has 5 fully saturated rings. The number of aromatic nitrogens is 4. The van der Waals surface area contributed by atoms with Gasteiger partial charge < -0.3 is 45.2 Å². The normalized spacial score (nSPS) is 25.1. The first-order chi connectivity index (χ1) is 32.7. The van der Waals surface area contributed by atoms with E-state index in [9.17, 15) is 19.2 Å². The van der Waals surface area contributed by atoms with E-state index in [1.54, 1.807) is 0 Å². The molecule has 0 radical (unpaired) electrons. The summed E-state index contributed by atoms with van der Waals surface area (Å²) in [6.45, 7) is 3.60. The standard InChI is InChI=1S/C52H67N9O6/c1-30-26-37-43-35(31-18-20-32(21-19-31)39-28-53-47(56-39)41-16-10-24-60(41)49(62)45(58-51(64)66-2)33-12-6-4-7-13-33)22-23-36(44(43)38(27-30)55-37)40-29-54-48(57-40)42-17-11-25-61(42)50(63)46(59-52(65)67-3)34-14-8-5-9-15-34/h18-23,28-30,33-34,37-38,41-42,45-46,55H,4-17,24-27H2,1-3H3,(H,53,56)(H,54,57)(H,58,64)(H,59,65)/t30?,37?,38?,41-,42+,45+,46+/m1/s1. The van der Waals surface area contributed by atoms with Crippen LogP contribution in [-0.4, -0.2) is 93.1 Å². The fraction of sp³-hybridized carbons (Fsp3) is 0.577. The highest BCUT2D eigenvalue weighted by Crippen LogP contribution is 2.52. The first-order valence-electron chi connectivity index (χ1n) is 25.1. The molecular formula is C52H67N9O6. The van der Waals surface area contributed by atoms with Crippen molar-refractivity contribution in [2.24, 2.45) is 17.8 Å². The van der Waals surface area contributed by atoms with Crippen molar-refractivity contribution in [3.05, 3.63) is 71.6 Å². The fourth-order valence-corrected chi connectivity index (χ4v) is 12.7. The lowest BCUT2D eigenvalue weighted by atomic mass is 9.83. The number of hydrogen-bond acceptors (Lipinski definition) is 9. The van der Waals surface area contributed by atoms with Gasteiger partial charge in [-0.2, -0.15) is 0 Å². The van der Waals surface area contributed by atoms with Gasteiger partial charge in [-0.1, -0.05) is 81.8 Å². The van der Waals surface area contributed by atoms with E-state index < -0.39 is 24.3 Å². The molecule has 4 aromatic rings. The van der Waals surface area contributed by atoms with Crippen LogP contribution >= 0.6 is 0 Å². The van der Waals surface area contributed by atoms with Crippen LogP contribution in [0.4, 0.5) is 9.59 Å². The Labute approximate surface area is 393 Å². The van der Waals surface area contributed by atoms with Crippen LogP contribution in [0, 0.1) is 17.8 Å². The molecule has 15 nitrogen and oxygen atoms in total. The molecule has 67 heavy (non-hydrogen) atoms. The zero-order chi connectivity index (χ0) is 46.2. The highest BCUT2D eigenvalue weighted by atomic mass is 16.5. The molecule has 10 rings (SSSR count). The summed E-state index contributed by atoms with van der Waals surface area (Å²) < 4.78 is 9.91. The number of amides is 4. The van der Waals surface area contributed by atoms with Crippen LogP contribution in [0.1, 0.15) is 157 Å². The summed E-state index contributed by atoms with van der Waals surface area (Å²) in [5, 5.41) is 9.78. The number of ether oxygens (including phenoxy) is 2. The van der Waals surface area contributed by atoms with Crippen LogP contribution in [0.2, 0.25) is 0 Å². The second-order valence-electron chi connectivity index (χ2n) is 20.2. The van der Waals surface area contributed by atoms with Gasteiger partial charge in [0.15, 0.2) is 0 Å². The first kappa shape index (κ1) is 45.1. The molecule has 4 amide bonds. The molecule has 6 heterocycles. The number of alkyl carbamates (subject to hydrolysis) is 2. The molecule has 2 aromatic carbocycles. The summed E-state index contributed by atoms with van der Waals surface area (Å²) in [4.78, 5) is 74.2. The van der Waals surface area contributed by atoms with E-state index in [-0.39, 0.29) is 47.8 Å². The van der Waals surface area contributed by atoms with Crippen molar-refractivity contribution < 1.29 is 28.7 Å². The van der Waals surface area contributed by atoms with Gasteiger partial charge >= 0.3 is 12.2 Å². The van der Waals surface area contributed by atoms with Crippen LogP contribution in [0.3, 0.4) is 0 Å². The van der Waals surface area contributed by atoms with Crippen LogP contribution in [-0.2, 0) is 19.1 Å². The third-order valence-electron chi connectivity index (χ3n) is 16.0. The number of fused-ring (bicyclic) bond motifs is 5. The Hall–Kier alpha value is -5.70. The molecular weight excluding hydrogens is 847 g/mol. The number of likely N-dealkylation sites (tertiary alicyclic amines) is 2. The Kier molecular flexibility index (Phi) is 13.1. The highest BCUT2D eigenvalue weighted by molar-refractivity contribution is 5.87. The number of aromatic amines is 2. The van der Waals surface area contributed by atoms with Gasteiger partial charge in [-0.05, 0) is 110 Å². The number of carbonyl (C=O) groups excluding carboxylic acids is 4. The number of piperidine rings is 1. The quantitative estimate of drug-likeness (QED) is 0.0978. The van der Waals surface area contributed by atoms with Crippen molar-refractivity contribution in [2.45, 2.75) is 146 Å². The minimum atomic E-state index is -0.611. The first-order valence-corrected chi connectivity index (χ1v) is 25.1. The van der Waals surface area contributed by atoms with Crippen molar-refractivity contribution in [1.29, 1.82) is 0 Å². The number of hydrogen-bond donors (Lipinski definition) is 5. The van der Waals surface area contributed by atoms with E-state index in [0.29, 0.717) is 19.0 Å². The molecule has 3 unspecified atom stereocenters. The molecule has 2 bridgehead atoms. The Morgan fingerprint density at radius 2 is 1.06 bits per heavy atom. The summed E-state index contributed by atoms with van der Waals surface area (Å²) in [7, 11) is 2.69. The minimum absolute atomic E-state index is 0.0458. The molecule has 7 atom stereocenters. The van der Waals surface area contributed by atoms with E-state index in [4.69, 9.17) is 19.4 Å². The topological polar surface area (TPSA) is 187 Å². The third kappa shape index (κ3) is 8.95. The Morgan fingerprint density at radius 3 is 1.58 bits per heavy atom. The molecule has 2 aromatic heterocycles. The molecule has 0 spiro atoms. The van der Waals surface area contributed by atoms with E-state index in [0.717, 1.165) is 142 Å². The molecule has 3 saturated heterocycles. The number of carbonyl (C=O) groups is 4. The maximum Gasteiger partial charge on any atom is 0.407 e. The molecule has 15 heteroatoms. The Bertz CT molecular complexity index is 2440. The molecule has 2 aliphatic carbocycles. The lowest BCUT2D eigenvalue weighted by Crippen LogP contribution is -2.52. The zero-order valence-corrected chi connectivity index (χ0v) is 39.3. The lowest BCUT2D eigenvalue weighted by Gasteiger charge is -2.34. The summed E-state index contributed by atoms with van der Waals surface area (Å²) in [6.07, 6.45) is 18.4. The van der Waals surface area contributed by atoms with Gasteiger partial charge in [0.05, 0.1) is 50.1 Å². The lowest BCUT2D eigenvalue weighted by molar-refractivity contribution is -0.136. The number of imidazole rings is 2. The predicted octanol–water partition coefficient (Wildman–Crippen LogP) is 9.19. The zero-order valence-electron chi connectivity index (χ0n) is 39.3. The van der Waals surface area contributed by atoms with Gasteiger partial charge in [0.25, 0.3) is 0 Å². The maximum absolute atomic E-state index is 14.3. The van der Waals surface area contributed by atoms with Crippen molar-refractivity contribution in [3.63, 3.8) is 0 Å².